The average Bonchev–Trinajstić information content (AvgIpc) is 3.67. The molecule has 0 bridgehead atoms. The summed E-state index contributed by atoms with van der Waals surface area (Å²) in [6, 6.07) is 10.4. The van der Waals surface area contributed by atoms with Gasteiger partial charge in [-0.2, -0.15) is 13.2 Å². The fourth-order valence-electron chi connectivity index (χ4n) is 4.23. The van der Waals surface area contributed by atoms with Gasteiger partial charge in [0.1, 0.15) is 5.82 Å². The minimum Gasteiger partial charge on any atom is -0.475 e. The summed E-state index contributed by atoms with van der Waals surface area (Å²) >= 11 is 5.70. The molecule has 2 aromatic carbocycles. The molecule has 13 heteroatoms. The largest absolute Gasteiger partial charge is 0.490 e. The molecule has 0 saturated heterocycles. The van der Waals surface area contributed by atoms with Crippen LogP contribution < -0.4 is 10.0 Å². The number of hydrogen-bond donors (Lipinski definition) is 3. The lowest BCUT2D eigenvalue weighted by Gasteiger charge is -2.22. The van der Waals surface area contributed by atoms with Crippen molar-refractivity contribution in [1.82, 2.24) is 5.32 Å². The molecule has 38 heavy (non-hydrogen) atoms. The van der Waals surface area contributed by atoms with Crippen LogP contribution in [0.2, 0.25) is 5.02 Å². The highest BCUT2D eigenvalue weighted by Crippen LogP contribution is 2.49. The third-order valence-electron chi connectivity index (χ3n) is 6.51. The van der Waals surface area contributed by atoms with E-state index in [0.717, 1.165) is 62.3 Å². The van der Waals surface area contributed by atoms with Crippen LogP contribution in [0, 0.1) is 5.82 Å². The van der Waals surface area contributed by atoms with Gasteiger partial charge in [-0.3, -0.25) is 9.52 Å². The number of carboxylic acids is 1. The van der Waals surface area contributed by atoms with E-state index in [2.05, 4.69) is 10.0 Å². The van der Waals surface area contributed by atoms with Gasteiger partial charge in [-0.05, 0) is 61.6 Å². The maximum Gasteiger partial charge on any atom is 0.490 e. The van der Waals surface area contributed by atoms with E-state index in [4.69, 9.17) is 21.5 Å². The van der Waals surface area contributed by atoms with Crippen LogP contribution in [0.1, 0.15) is 56.9 Å². The number of rotatable bonds is 6. The highest BCUT2D eigenvalue weighted by molar-refractivity contribution is 7.92. The normalized spacial score (nSPS) is 17.4. The van der Waals surface area contributed by atoms with Crippen molar-refractivity contribution >= 4 is 39.2 Å². The number of nitrogens with one attached hydrogen (secondary N) is 2. The molecule has 2 aliphatic carbocycles. The van der Waals surface area contributed by atoms with Gasteiger partial charge in [0.25, 0.3) is 10.0 Å². The quantitative estimate of drug-likeness (QED) is 0.297. The van der Waals surface area contributed by atoms with Gasteiger partial charge in [0, 0.05) is 11.7 Å². The third kappa shape index (κ3) is 7.59. The summed E-state index contributed by atoms with van der Waals surface area (Å²) in [7, 11) is -3.90. The molecule has 1 amide bonds. The number of amides is 1. The van der Waals surface area contributed by atoms with Crippen molar-refractivity contribution in [1.29, 1.82) is 0 Å². The minimum absolute atomic E-state index is 0.0775. The Labute approximate surface area is 222 Å². The second kappa shape index (κ2) is 11.9. The first kappa shape index (κ1) is 29.7. The van der Waals surface area contributed by atoms with Crippen molar-refractivity contribution in [3.63, 3.8) is 0 Å². The van der Waals surface area contributed by atoms with Crippen molar-refractivity contribution < 1.29 is 40.7 Å². The van der Waals surface area contributed by atoms with E-state index in [0.29, 0.717) is 5.69 Å². The Kier molecular flexibility index (Phi) is 9.30. The number of anilines is 1. The molecule has 0 aromatic heterocycles. The van der Waals surface area contributed by atoms with E-state index < -0.39 is 33.4 Å². The zero-order chi connectivity index (χ0) is 28.1. The number of alkyl halides is 3. The molecular formula is C25H27ClF4N2O5S. The molecule has 2 aromatic rings. The molecular weight excluding hydrogens is 552 g/mol. The molecule has 3 N–H and O–H groups in total. The fourth-order valence-corrected chi connectivity index (χ4v) is 5.56. The van der Waals surface area contributed by atoms with E-state index in [-0.39, 0.29) is 21.9 Å². The van der Waals surface area contributed by atoms with Gasteiger partial charge < -0.3 is 10.4 Å². The molecule has 0 atom stereocenters. The predicted molar refractivity (Wildman–Crippen MR) is 133 cm³/mol. The molecule has 4 rings (SSSR count). The molecule has 2 saturated carbocycles. The summed E-state index contributed by atoms with van der Waals surface area (Å²) in [6.07, 6.45) is 3.37. The standard InChI is InChI=1S/C23H26ClFN2O3S.C2HF3O2/c24-20-15-19(11-12-21(20)25)31(29,30)27-18-9-7-16(8-10-18)23(13-14-23)22(28)26-17-5-3-1-2-4-6-17;3-2(4,5)1(6)7/h7-12,15,17,27H,1-6,13-14H2,(H,26,28);(H,6,7). The van der Waals surface area contributed by atoms with Crippen LogP contribution in [-0.4, -0.2) is 37.6 Å². The summed E-state index contributed by atoms with van der Waals surface area (Å²) in [4.78, 5) is 21.8. The second-order valence-electron chi connectivity index (χ2n) is 9.31. The van der Waals surface area contributed by atoms with Gasteiger partial charge in [0.05, 0.1) is 15.3 Å². The molecule has 0 radical (unpaired) electrons. The van der Waals surface area contributed by atoms with E-state index >= 15 is 0 Å². The van der Waals surface area contributed by atoms with Crippen LogP contribution in [-0.2, 0) is 25.0 Å². The van der Waals surface area contributed by atoms with Crippen molar-refractivity contribution in [2.75, 3.05) is 4.72 Å². The number of benzene rings is 2. The highest BCUT2D eigenvalue weighted by Gasteiger charge is 2.51. The summed E-state index contributed by atoms with van der Waals surface area (Å²) < 4.78 is 72.7. The van der Waals surface area contributed by atoms with Crippen molar-refractivity contribution in [3.8, 4) is 0 Å². The first-order chi connectivity index (χ1) is 17.7. The van der Waals surface area contributed by atoms with E-state index in [1.807, 2.05) is 0 Å². The molecule has 0 unspecified atom stereocenters. The van der Waals surface area contributed by atoms with Crippen LogP contribution in [0.5, 0.6) is 0 Å². The molecule has 2 aliphatic rings. The summed E-state index contributed by atoms with van der Waals surface area (Å²) in [5.74, 6) is -3.36. The van der Waals surface area contributed by atoms with E-state index in [1.165, 1.54) is 12.8 Å². The maximum atomic E-state index is 13.3. The summed E-state index contributed by atoms with van der Waals surface area (Å²) in [5, 5.41) is 10.1. The topological polar surface area (TPSA) is 113 Å². The van der Waals surface area contributed by atoms with Crippen LogP contribution in [0.15, 0.2) is 47.4 Å². The number of carboxylic acid groups (broad SMARTS) is 1. The Morgan fingerprint density at radius 3 is 2.00 bits per heavy atom. The van der Waals surface area contributed by atoms with Gasteiger partial charge in [-0.25, -0.2) is 17.6 Å². The molecule has 2 fully saturated rings. The van der Waals surface area contributed by atoms with Crippen LogP contribution in [0.25, 0.3) is 0 Å². The SMILES string of the molecule is O=C(NC1CCCCCC1)C1(c2ccc(NS(=O)(=O)c3ccc(F)c(Cl)c3)cc2)CC1.O=C(O)C(F)(F)F. The predicted octanol–water partition coefficient (Wildman–Crippen LogP) is 5.78. The zero-order valence-corrected chi connectivity index (χ0v) is 21.7. The van der Waals surface area contributed by atoms with Crippen LogP contribution in [0.4, 0.5) is 23.2 Å². The van der Waals surface area contributed by atoms with Gasteiger partial charge >= 0.3 is 12.1 Å². The number of sulfonamides is 1. The smallest absolute Gasteiger partial charge is 0.475 e. The lowest BCUT2D eigenvalue weighted by atomic mass is 9.94. The molecule has 7 nitrogen and oxygen atoms in total. The summed E-state index contributed by atoms with van der Waals surface area (Å²) in [6.45, 7) is 0. The fraction of sp³-hybridized carbons (Fsp3) is 0.440. The second-order valence-corrected chi connectivity index (χ2v) is 11.4. The zero-order valence-electron chi connectivity index (χ0n) is 20.2. The van der Waals surface area contributed by atoms with Gasteiger partial charge in [0.15, 0.2) is 0 Å². The Morgan fingerprint density at radius 2 is 1.53 bits per heavy atom. The lowest BCUT2D eigenvalue weighted by molar-refractivity contribution is -0.192. The van der Waals surface area contributed by atoms with Crippen molar-refractivity contribution in [2.24, 2.45) is 0 Å². The molecule has 0 spiro atoms. The number of aliphatic carboxylic acids is 1. The Balaban J connectivity index is 0.000000505. The highest BCUT2D eigenvalue weighted by atomic mass is 35.5. The number of carbonyl (C=O) groups is 2. The number of halogens is 5. The van der Waals surface area contributed by atoms with Gasteiger partial charge in [-0.1, -0.05) is 49.4 Å². The molecule has 0 aliphatic heterocycles. The number of hydrogen-bond acceptors (Lipinski definition) is 4. The van der Waals surface area contributed by atoms with Gasteiger partial charge in [0.2, 0.25) is 5.91 Å². The molecule has 0 heterocycles. The third-order valence-corrected chi connectivity index (χ3v) is 8.18. The van der Waals surface area contributed by atoms with Crippen molar-refractivity contribution in [2.45, 2.75) is 73.9 Å². The Morgan fingerprint density at radius 1 is 0.974 bits per heavy atom. The Hall–Kier alpha value is -2.86. The first-order valence-electron chi connectivity index (χ1n) is 11.9. The average molecular weight is 579 g/mol. The van der Waals surface area contributed by atoms with Gasteiger partial charge in [-0.15, -0.1) is 0 Å². The monoisotopic (exact) mass is 578 g/mol. The lowest BCUT2D eigenvalue weighted by Crippen LogP contribution is -2.41. The van der Waals surface area contributed by atoms with E-state index in [9.17, 15) is 30.8 Å². The minimum atomic E-state index is -5.08. The van der Waals surface area contributed by atoms with E-state index in [1.54, 1.807) is 24.3 Å². The first-order valence-corrected chi connectivity index (χ1v) is 13.8. The maximum absolute atomic E-state index is 13.3. The van der Waals surface area contributed by atoms with Crippen LogP contribution >= 0.6 is 11.6 Å². The van der Waals surface area contributed by atoms with Crippen LogP contribution in [0.3, 0.4) is 0 Å². The van der Waals surface area contributed by atoms with Crippen molar-refractivity contribution in [3.05, 3.63) is 58.9 Å². The molecule has 208 valence electrons. The number of carbonyl (C=O) groups excluding carboxylic acids is 1. The Bertz CT molecular complexity index is 1260. The summed E-state index contributed by atoms with van der Waals surface area (Å²) in [5.41, 5.74) is 0.754.